The van der Waals surface area contributed by atoms with Crippen LogP contribution in [0.2, 0.25) is 0 Å². The zero-order valence-corrected chi connectivity index (χ0v) is 17.6. The van der Waals surface area contributed by atoms with Gasteiger partial charge in [0.05, 0.1) is 19.8 Å². The molecule has 2 aromatic carbocycles. The SMILES string of the molecule is CCOc1ccc(NC(=O)CN(C)C(=O)c2ccc(OC(C)=O)cc2)cc1OCC. The molecule has 0 unspecified atom stereocenters. The first-order valence-corrected chi connectivity index (χ1v) is 9.57. The van der Waals surface area contributed by atoms with E-state index in [0.29, 0.717) is 41.7 Å². The Balaban J connectivity index is 1.99. The highest BCUT2D eigenvalue weighted by Crippen LogP contribution is 2.30. The number of ether oxygens (including phenoxy) is 3. The zero-order chi connectivity index (χ0) is 22.1. The van der Waals surface area contributed by atoms with E-state index in [0.717, 1.165) is 0 Å². The van der Waals surface area contributed by atoms with Crippen LogP contribution in [-0.2, 0) is 9.59 Å². The molecule has 0 saturated heterocycles. The average molecular weight is 414 g/mol. The van der Waals surface area contributed by atoms with E-state index in [1.54, 1.807) is 18.2 Å². The Bertz CT molecular complexity index is 895. The number of esters is 1. The summed E-state index contributed by atoms with van der Waals surface area (Å²) in [6, 6.07) is 11.2. The van der Waals surface area contributed by atoms with Gasteiger partial charge in [-0.3, -0.25) is 14.4 Å². The summed E-state index contributed by atoms with van der Waals surface area (Å²) in [5, 5.41) is 2.75. The molecule has 8 heteroatoms. The van der Waals surface area contributed by atoms with Crippen molar-refractivity contribution in [3.8, 4) is 17.2 Å². The summed E-state index contributed by atoms with van der Waals surface area (Å²) in [6.07, 6.45) is 0. The fourth-order valence-electron chi connectivity index (χ4n) is 2.67. The van der Waals surface area contributed by atoms with Gasteiger partial charge < -0.3 is 24.4 Å². The molecule has 0 radical (unpaired) electrons. The number of carbonyl (C=O) groups is 3. The standard InChI is InChI=1S/C22H26N2O6/c1-5-28-19-12-9-17(13-20(19)29-6-2)23-21(26)14-24(4)22(27)16-7-10-18(11-8-16)30-15(3)25/h7-13H,5-6,14H2,1-4H3,(H,23,26). The van der Waals surface area contributed by atoms with Gasteiger partial charge in [0.25, 0.3) is 5.91 Å². The summed E-state index contributed by atoms with van der Waals surface area (Å²) in [7, 11) is 1.53. The van der Waals surface area contributed by atoms with Crippen LogP contribution in [0.5, 0.6) is 17.2 Å². The topological polar surface area (TPSA) is 94.2 Å². The van der Waals surface area contributed by atoms with E-state index in [4.69, 9.17) is 14.2 Å². The second-order valence-electron chi connectivity index (χ2n) is 6.35. The molecule has 2 amide bonds. The number of carbonyl (C=O) groups excluding carboxylic acids is 3. The summed E-state index contributed by atoms with van der Waals surface area (Å²) in [4.78, 5) is 37.2. The van der Waals surface area contributed by atoms with Crippen LogP contribution in [-0.4, -0.2) is 49.5 Å². The van der Waals surface area contributed by atoms with Gasteiger partial charge >= 0.3 is 5.97 Å². The molecule has 0 bridgehead atoms. The van der Waals surface area contributed by atoms with Crippen molar-refractivity contribution in [2.24, 2.45) is 0 Å². The maximum Gasteiger partial charge on any atom is 0.308 e. The molecule has 8 nitrogen and oxygen atoms in total. The summed E-state index contributed by atoms with van der Waals surface area (Å²) in [5.41, 5.74) is 0.916. The molecule has 0 atom stereocenters. The van der Waals surface area contributed by atoms with Gasteiger partial charge in [0.1, 0.15) is 5.75 Å². The minimum atomic E-state index is -0.440. The van der Waals surface area contributed by atoms with Crippen LogP contribution in [0.25, 0.3) is 0 Å². The second-order valence-corrected chi connectivity index (χ2v) is 6.35. The van der Waals surface area contributed by atoms with Gasteiger partial charge in [-0.2, -0.15) is 0 Å². The molecule has 0 saturated carbocycles. The van der Waals surface area contributed by atoms with E-state index in [1.165, 1.54) is 43.1 Å². The Labute approximate surface area is 175 Å². The average Bonchev–Trinajstić information content (AvgIpc) is 2.69. The molecule has 0 heterocycles. The molecule has 2 rings (SSSR count). The van der Waals surface area contributed by atoms with Crippen LogP contribution in [0.4, 0.5) is 5.69 Å². The molecular formula is C22H26N2O6. The smallest absolute Gasteiger partial charge is 0.308 e. The monoisotopic (exact) mass is 414 g/mol. The number of anilines is 1. The predicted molar refractivity (Wildman–Crippen MR) is 112 cm³/mol. The van der Waals surface area contributed by atoms with Crippen molar-refractivity contribution >= 4 is 23.5 Å². The Morgan fingerprint density at radius 3 is 2.17 bits per heavy atom. The first-order valence-electron chi connectivity index (χ1n) is 9.57. The maximum atomic E-state index is 12.5. The first kappa shape index (κ1) is 22.7. The van der Waals surface area contributed by atoms with Crippen molar-refractivity contribution in [1.29, 1.82) is 0 Å². The molecule has 0 aromatic heterocycles. The van der Waals surface area contributed by atoms with Gasteiger partial charge in [0.2, 0.25) is 5.91 Å². The third-order valence-corrected chi connectivity index (χ3v) is 3.92. The molecule has 0 aliphatic heterocycles. The fraction of sp³-hybridized carbons (Fsp3) is 0.318. The van der Waals surface area contributed by atoms with E-state index in [2.05, 4.69) is 5.32 Å². The van der Waals surface area contributed by atoms with Crippen LogP contribution in [0.15, 0.2) is 42.5 Å². The maximum absolute atomic E-state index is 12.5. The number of rotatable bonds is 9. The van der Waals surface area contributed by atoms with Crippen LogP contribution in [0.1, 0.15) is 31.1 Å². The van der Waals surface area contributed by atoms with Crippen molar-refractivity contribution in [3.05, 3.63) is 48.0 Å². The number of likely N-dealkylation sites (N-methyl/N-ethyl adjacent to an activating group) is 1. The van der Waals surface area contributed by atoms with Gasteiger partial charge in [-0.05, 0) is 50.2 Å². The number of amides is 2. The van der Waals surface area contributed by atoms with E-state index in [1.807, 2.05) is 13.8 Å². The van der Waals surface area contributed by atoms with Crippen molar-refractivity contribution in [1.82, 2.24) is 4.90 Å². The number of nitrogens with one attached hydrogen (secondary N) is 1. The lowest BCUT2D eigenvalue weighted by Gasteiger charge is -2.18. The molecule has 2 aromatic rings. The van der Waals surface area contributed by atoms with Gasteiger partial charge in [-0.15, -0.1) is 0 Å². The lowest BCUT2D eigenvalue weighted by atomic mass is 10.2. The summed E-state index contributed by atoms with van der Waals surface area (Å²) >= 11 is 0. The van der Waals surface area contributed by atoms with Crippen molar-refractivity contribution in [2.45, 2.75) is 20.8 Å². The van der Waals surface area contributed by atoms with Crippen LogP contribution < -0.4 is 19.5 Å². The quantitative estimate of drug-likeness (QED) is 0.501. The molecule has 0 fully saturated rings. The van der Waals surface area contributed by atoms with Crippen LogP contribution >= 0.6 is 0 Å². The summed E-state index contributed by atoms with van der Waals surface area (Å²) in [5.74, 6) is 0.358. The summed E-state index contributed by atoms with van der Waals surface area (Å²) < 4.78 is 16.0. The Morgan fingerprint density at radius 2 is 1.57 bits per heavy atom. The molecule has 0 aliphatic rings. The van der Waals surface area contributed by atoms with Crippen molar-refractivity contribution in [2.75, 3.05) is 32.1 Å². The van der Waals surface area contributed by atoms with Crippen molar-refractivity contribution in [3.63, 3.8) is 0 Å². The molecule has 0 aliphatic carbocycles. The zero-order valence-electron chi connectivity index (χ0n) is 17.6. The second kappa shape index (κ2) is 10.8. The predicted octanol–water partition coefficient (Wildman–Crippen LogP) is 3.12. The van der Waals surface area contributed by atoms with Gasteiger partial charge in [0, 0.05) is 31.3 Å². The van der Waals surface area contributed by atoms with E-state index < -0.39 is 5.97 Å². The lowest BCUT2D eigenvalue weighted by molar-refractivity contribution is -0.131. The fourth-order valence-corrected chi connectivity index (χ4v) is 2.67. The van der Waals surface area contributed by atoms with Crippen molar-refractivity contribution < 1.29 is 28.6 Å². The minimum Gasteiger partial charge on any atom is -0.490 e. The largest absolute Gasteiger partial charge is 0.490 e. The number of nitrogens with zero attached hydrogens (tertiary/aromatic N) is 1. The third kappa shape index (κ3) is 6.51. The molecule has 0 spiro atoms. The summed E-state index contributed by atoms with van der Waals surface area (Å²) in [6.45, 7) is 5.86. The Morgan fingerprint density at radius 1 is 0.933 bits per heavy atom. The number of benzene rings is 2. The van der Waals surface area contributed by atoms with E-state index in [9.17, 15) is 14.4 Å². The van der Waals surface area contributed by atoms with E-state index >= 15 is 0 Å². The van der Waals surface area contributed by atoms with Gasteiger partial charge in [-0.1, -0.05) is 0 Å². The van der Waals surface area contributed by atoms with Crippen LogP contribution in [0.3, 0.4) is 0 Å². The highest BCUT2D eigenvalue weighted by molar-refractivity contribution is 5.99. The molecule has 30 heavy (non-hydrogen) atoms. The van der Waals surface area contributed by atoms with Gasteiger partial charge in [-0.25, -0.2) is 0 Å². The minimum absolute atomic E-state index is 0.137. The number of hydrogen-bond acceptors (Lipinski definition) is 6. The normalized spacial score (nSPS) is 10.1. The van der Waals surface area contributed by atoms with Crippen LogP contribution in [0, 0.1) is 0 Å². The lowest BCUT2D eigenvalue weighted by Crippen LogP contribution is -2.34. The first-order chi connectivity index (χ1) is 14.3. The third-order valence-electron chi connectivity index (χ3n) is 3.92. The Kier molecular flexibility index (Phi) is 8.22. The van der Waals surface area contributed by atoms with E-state index in [-0.39, 0.29) is 18.4 Å². The van der Waals surface area contributed by atoms with Gasteiger partial charge in [0.15, 0.2) is 11.5 Å². The Hall–Kier alpha value is -3.55. The molecule has 160 valence electrons. The highest BCUT2D eigenvalue weighted by Gasteiger charge is 2.16. The molecular weight excluding hydrogens is 388 g/mol. The molecule has 1 N–H and O–H groups in total. The number of hydrogen-bond donors (Lipinski definition) is 1. The highest BCUT2D eigenvalue weighted by atomic mass is 16.5.